The number of carbonyl (C=O) groups is 2. The normalized spacial score (nSPS) is 10.4. The summed E-state index contributed by atoms with van der Waals surface area (Å²) in [5.41, 5.74) is 2.05. The number of halogens is 1. The molecule has 0 fully saturated rings. The summed E-state index contributed by atoms with van der Waals surface area (Å²) in [6, 6.07) is 13.3. The van der Waals surface area contributed by atoms with E-state index in [4.69, 9.17) is 0 Å². The van der Waals surface area contributed by atoms with Gasteiger partial charge in [-0.15, -0.1) is 0 Å². The van der Waals surface area contributed by atoms with E-state index in [-0.39, 0.29) is 17.6 Å². The molecule has 0 radical (unpaired) electrons. The van der Waals surface area contributed by atoms with Crippen LogP contribution in [0.15, 0.2) is 60.9 Å². The van der Waals surface area contributed by atoms with Crippen molar-refractivity contribution in [3.05, 3.63) is 83.4 Å². The molecule has 0 aliphatic carbocycles. The first-order valence-corrected chi connectivity index (χ1v) is 9.85. The molecule has 2 amide bonds. The van der Waals surface area contributed by atoms with Gasteiger partial charge in [-0.05, 0) is 47.9 Å². The van der Waals surface area contributed by atoms with Crippen molar-refractivity contribution in [3.63, 3.8) is 0 Å². The van der Waals surface area contributed by atoms with Crippen LogP contribution in [-0.2, 0) is 17.8 Å². The van der Waals surface area contributed by atoms with E-state index in [0.29, 0.717) is 36.7 Å². The molecule has 0 unspecified atom stereocenters. The van der Waals surface area contributed by atoms with Gasteiger partial charge in [0, 0.05) is 39.5 Å². The van der Waals surface area contributed by atoms with Crippen molar-refractivity contribution in [1.29, 1.82) is 0 Å². The number of benzene rings is 1. The molecule has 0 spiro atoms. The van der Waals surface area contributed by atoms with Crippen molar-refractivity contribution in [2.45, 2.75) is 19.9 Å². The summed E-state index contributed by atoms with van der Waals surface area (Å²) in [4.78, 5) is 34.4. The van der Waals surface area contributed by atoms with Gasteiger partial charge in [0.1, 0.15) is 17.5 Å². The molecule has 2 aromatic heterocycles. The number of hydrogen-bond donors (Lipinski definition) is 2. The summed E-state index contributed by atoms with van der Waals surface area (Å²) in [5, 5.41) is 6.00. The van der Waals surface area contributed by atoms with Crippen molar-refractivity contribution in [1.82, 2.24) is 15.3 Å². The van der Waals surface area contributed by atoms with Crippen LogP contribution in [0.2, 0.25) is 0 Å². The SMILES string of the molecule is CC(=O)N(C)c1ccc(C(=O)NCc2cccnc2)c(NCCc2cccc(F)c2)n1. The third kappa shape index (κ3) is 6.08. The number of nitrogens with one attached hydrogen (secondary N) is 2. The zero-order valence-electron chi connectivity index (χ0n) is 17.4. The molecule has 160 valence electrons. The molecule has 2 N–H and O–H groups in total. The standard InChI is InChI=1S/C23H24FN5O2/c1-16(30)29(2)21-9-8-20(23(31)27-15-18-6-4-11-25-14-18)22(28-21)26-12-10-17-5-3-7-19(24)13-17/h3-9,11,13-14H,10,12,15H2,1-2H3,(H,26,28)(H,27,31). The minimum Gasteiger partial charge on any atom is -0.369 e. The summed E-state index contributed by atoms with van der Waals surface area (Å²) >= 11 is 0. The highest BCUT2D eigenvalue weighted by molar-refractivity contribution is 5.99. The molecule has 0 bridgehead atoms. The predicted molar refractivity (Wildman–Crippen MR) is 117 cm³/mol. The summed E-state index contributed by atoms with van der Waals surface area (Å²) in [7, 11) is 1.61. The fourth-order valence-corrected chi connectivity index (χ4v) is 2.91. The van der Waals surface area contributed by atoms with Crippen LogP contribution >= 0.6 is 0 Å². The van der Waals surface area contributed by atoms with E-state index in [2.05, 4.69) is 20.6 Å². The second-order valence-electron chi connectivity index (χ2n) is 6.99. The van der Waals surface area contributed by atoms with Crippen molar-refractivity contribution in [2.75, 3.05) is 23.8 Å². The number of anilines is 2. The fourth-order valence-electron chi connectivity index (χ4n) is 2.91. The molecular weight excluding hydrogens is 397 g/mol. The molecule has 2 heterocycles. The molecule has 0 saturated heterocycles. The van der Waals surface area contributed by atoms with Crippen molar-refractivity contribution >= 4 is 23.5 Å². The minimum absolute atomic E-state index is 0.174. The Kier molecular flexibility index (Phi) is 7.26. The number of rotatable bonds is 8. The van der Waals surface area contributed by atoms with E-state index < -0.39 is 0 Å². The molecular formula is C23H24FN5O2. The zero-order chi connectivity index (χ0) is 22.2. The number of aromatic nitrogens is 2. The Balaban J connectivity index is 1.76. The molecule has 0 saturated carbocycles. The Hall–Kier alpha value is -3.81. The quantitative estimate of drug-likeness (QED) is 0.583. The average Bonchev–Trinajstić information content (AvgIpc) is 2.77. The van der Waals surface area contributed by atoms with Gasteiger partial charge in [-0.1, -0.05) is 18.2 Å². The smallest absolute Gasteiger partial charge is 0.255 e. The number of pyridine rings is 2. The fraction of sp³-hybridized carbons (Fsp3) is 0.217. The second kappa shape index (κ2) is 10.3. The molecule has 7 nitrogen and oxygen atoms in total. The average molecular weight is 421 g/mol. The van der Waals surface area contributed by atoms with Gasteiger partial charge >= 0.3 is 0 Å². The van der Waals surface area contributed by atoms with Gasteiger partial charge in [0.25, 0.3) is 5.91 Å². The van der Waals surface area contributed by atoms with Crippen LogP contribution < -0.4 is 15.5 Å². The van der Waals surface area contributed by atoms with Gasteiger partial charge in [0.15, 0.2) is 0 Å². The van der Waals surface area contributed by atoms with Crippen molar-refractivity contribution in [3.8, 4) is 0 Å². The van der Waals surface area contributed by atoms with E-state index in [0.717, 1.165) is 11.1 Å². The Morgan fingerprint density at radius 1 is 1.10 bits per heavy atom. The van der Waals surface area contributed by atoms with Gasteiger partial charge in [-0.25, -0.2) is 9.37 Å². The lowest BCUT2D eigenvalue weighted by Crippen LogP contribution is -2.27. The number of hydrogen-bond acceptors (Lipinski definition) is 5. The third-order valence-electron chi connectivity index (χ3n) is 4.71. The maximum atomic E-state index is 13.4. The highest BCUT2D eigenvalue weighted by atomic mass is 19.1. The maximum absolute atomic E-state index is 13.4. The summed E-state index contributed by atoms with van der Waals surface area (Å²) < 4.78 is 13.4. The van der Waals surface area contributed by atoms with Crippen molar-refractivity contribution in [2.24, 2.45) is 0 Å². The third-order valence-corrected chi connectivity index (χ3v) is 4.71. The Morgan fingerprint density at radius 2 is 1.90 bits per heavy atom. The Labute approximate surface area is 180 Å². The van der Waals surface area contributed by atoms with Crippen LogP contribution in [0.25, 0.3) is 0 Å². The summed E-state index contributed by atoms with van der Waals surface area (Å²) in [5.74, 6) is 0.0000511. The highest BCUT2D eigenvalue weighted by Gasteiger charge is 2.16. The first kappa shape index (κ1) is 21.9. The molecule has 31 heavy (non-hydrogen) atoms. The lowest BCUT2D eigenvalue weighted by atomic mass is 10.1. The second-order valence-corrected chi connectivity index (χ2v) is 6.99. The van der Waals surface area contributed by atoms with E-state index in [1.54, 1.807) is 43.7 Å². The summed E-state index contributed by atoms with van der Waals surface area (Å²) in [6.07, 6.45) is 3.89. The van der Waals surface area contributed by atoms with Crippen LogP contribution in [0.3, 0.4) is 0 Å². The molecule has 3 aromatic rings. The highest BCUT2D eigenvalue weighted by Crippen LogP contribution is 2.19. The van der Waals surface area contributed by atoms with E-state index in [1.807, 2.05) is 12.1 Å². The Morgan fingerprint density at radius 3 is 2.61 bits per heavy atom. The lowest BCUT2D eigenvalue weighted by Gasteiger charge is -2.17. The molecule has 0 aliphatic rings. The molecule has 0 atom stereocenters. The Bertz CT molecular complexity index is 1060. The van der Waals surface area contributed by atoms with E-state index in [9.17, 15) is 14.0 Å². The van der Waals surface area contributed by atoms with Crippen LogP contribution in [0, 0.1) is 5.82 Å². The lowest BCUT2D eigenvalue weighted by molar-refractivity contribution is -0.116. The van der Waals surface area contributed by atoms with Crippen LogP contribution in [-0.4, -0.2) is 35.4 Å². The minimum atomic E-state index is -0.304. The maximum Gasteiger partial charge on any atom is 0.255 e. The largest absolute Gasteiger partial charge is 0.369 e. The molecule has 1 aromatic carbocycles. The first-order valence-electron chi connectivity index (χ1n) is 9.85. The number of nitrogens with zero attached hydrogens (tertiary/aromatic N) is 3. The summed E-state index contributed by atoms with van der Waals surface area (Å²) in [6.45, 7) is 2.20. The first-order chi connectivity index (χ1) is 14.9. The van der Waals surface area contributed by atoms with E-state index >= 15 is 0 Å². The number of carbonyl (C=O) groups excluding carboxylic acids is 2. The van der Waals surface area contributed by atoms with Crippen LogP contribution in [0.4, 0.5) is 16.0 Å². The number of amides is 2. The molecule has 8 heteroatoms. The monoisotopic (exact) mass is 421 g/mol. The van der Waals surface area contributed by atoms with E-state index in [1.165, 1.54) is 24.0 Å². The van der Waals surface area contributed by atoms with Gasteiger partial charge in [-0.2, -0.15) is 0 Å². The molecule has 0 aliphatic heterocycles. The van der Waals surface area contributed by atoms with Crippen LogP contribution in [0.1, 0.15) is 28.4 Å². The predicted octanol–water partition coefficient (Wildman–Crippen LogP) is 3.18. The molecule has 3 rings (SSSR count). The topological polar surface area (TPSA) is 87.2 Å². The van der Waals surface area contributed by atoms with Gasteiger partial charge in [0.05, 0.1) is 5.56 Å². The van der Waals surface area contributed by atoms with Gasteiger partial charge in [0.2, 0.25) is 5.91 Å². The zero-order valence-corrected chi connectivity index (χ0v) is 17.4. The van der Waals surface area contributed by atoms with Crippen LogP contribution in [0.5, 0.6) is 0 Å². The van der Waals surface area contributed by atoms with Gasteiger partial charge in [-0.3, -0.25) is 14.6 Å². The van der Waals surface area contributed by atoms with Crippen molar-refractivity contribution < 1.29 is 14.0 Å². The van der Waals surface area contributed by atoms with Gasteiger partial charge < -0.3 is 15.5 Å².